The smallest absolute Gasteiger partial charge is 0.123 e. The molecular formula is C15H18N2OS2. The first kappa shape index (κ1) is 14.9. The number of nitrogens with zero attached hydrogens (tertiary/aromatic N) is 1. The lowest BCUT2D eigenvalue weighted by molar-refractivity contribution is 0.482. The summed E-state index contributed by atoms with van der Waals surface area (Å²) in [6.45, 7) is 2.62. The standard InChI is InChI=1S/C15H18N2OS2/c1-10-7-8-11(18-10)9-17(2)12-5-4-6-13(20-3)14(12)15(16)19/h4-8H,9H2,1-3H3,(H2,16,19). The van der Waals surface area contributed by atoms with Crippen LogP contribution >= 0.6 is 24.0 Å². The molecule has 20 heavy (non-hydrogen) atoms. The molecule has 2 N–H and O–H groups in total. The van der Waals surface area contributed by atoms with Gasteiger partial charge in [0.05, 0.1) is 6.54 Å². The summed E-state index contributed by atoms with van der Waals surface area (Å²) in [7, 11) is 2.01. The summed E-state index contributed by atoms with van der Waals surface area (Å²) in [5, 5.41) is 0. The number of hydrogen-bond donors (Lipinski definition) is 1. The molecule has 2 rings (SSSR count). The van der Waals surface area contributed by atoms with Gasteiger partial charge in [-0.25, -0.2) is 0 Å². The molecule has 0 radical (unpaired) electrons. The van der Waals surface area contributed by atoms with E-state index in [2.05, 4.69) is 4.90 Å². The van der Waals surface area contributed by atoms with Crippen LogP contribution in [0.4, 0.5) is 5.69 Å². The van der Waals surface area contributed by atoms with Gasteiger partial charge in [0, 0.05) is 23.2 Å². The van der Waals surface area contributed by atoms with Gasteiger partial charge < -0.3 is 15.1 Å². The van der Waals surface area contributed by atoms with Crippen LogP contribution in [0.15, 0.2) is 39.6 Å². The van der Waals surface area contributed by atoms with Crippen molar-refractivity contribution in [1.29, 1.82) is 0 Å². The number of nitrogens with two attached hydrogens (primary N) is 1. The molecular weight excluding hydrogens is 288 g/mol. The number of hydrogen-bond acceptors (Lipinski definition) is 4. The largest absolute Gasteiger partial charge is 0.464 e. The Bertz CT molecular complexity index is 622. The van der Waals surface area contributed by atoms with E-state index in [1.165, 1.54) is 0 Å². The zero-order chi connectivity index (χ0) is 14.7. The summed E-state index contributed by atoms with van der Waals surface area (Å²) in [5.41, 5.74) is 7.85. The summed E-state index contributed by atoms with van der Waals surface area (Å²) in [6, 6.07) is 10.0. The molecule has 0 unspecified atom stereocenters. The van der Waals surface area contributed by atoms with E-state index in [1.807, 2.05) is 50.6 Å². The molecule has 2 aromatic rings. The highest BCUT2D eigenvalue weighted by Gasteiger charge is 2.15. The van der Waals surface area contributed by atoms with Crippen molar-refractivity contribution < 1.29 is 4.42 Å². The summed E-state index contributed by atoms with van der Waals surface area (Å²) >= 11 is 6.85. The fourth-order valence-corrected chi connectivity index (χ4v) is 3.06. The lowest BCUT2D eigenvalue weighted by Gasteiger charge is -2.22. The maximum Gasteiger partial charge on any atom is 0.123 e. The number of benzene rings is 1. The van der Waals surface area contributed by atoms with Crippen molar-refractivity contribution >= 4 is 34.7 Å². The Morgan fingerprint density at radius 1 is 1.35 bits per heavy atom. The monoisotopic (exact) mass is 306 g/mol. The van der Waals surface area contributed by atoms with E-state index in [0.29, 0.717) is 11.5 Å². The van der Waals surface area contributed by atoms with Gasteiger partial charge in [-0.1, -0.05) is 18.3 Å². The SMILES string of the molecule is CSc1cccc(N(C)Cc2ccc(C)o2)c1C(N)=S. The molecule has 0 amide bonds. The van der Waals surface area contributed by atoms with Crippen LogP contribution in [0.5, 0.6) is 0 Å². The summed E-state index contributed by atoms with van der Waals surface area (Å²) < 4.78 is 5.62. The minimum Gasteiger partial charge on any atom is -0.464 e. The highest BCUT2D eigenvalue weighted by Crippen LogP contribution is 2.30. The topological polar surface area (TPSA) is 42.4 Å². The van der Waals surface area contributed by atoms with Crippen LogP contribution < -0.4 is 10.6 Å². The fraction of sp³-hybridized carbons (Fsp3) is 0.267. The first-order chi connectivity index (χ1) is 9.52. The molecule has 0 saturated heterocycles. The highest BCUT2D eigenvalue weighted by molar-refractivity contribution is 7.98. The molecule has 0 saturated carbocycles. The Balaban J connectivity index is 2.34. The van der Waals surface area contributed by atoms with Crippen LogP contribution in [0, 0.1) is 6.92 Å². The molecule has 1 heterocycles. The van der Waals surface area contributed by atoms with Gasteiger partial charge in [0.2, 0.25) is 0 Å². The quantitative estimate of drug-likeness (QED) is 0.675. The number of thioether (sulfide) groups is 1. The Labute approximate surface area is 129 Å². The second-order valence-corrected chi connectivity index (χ2v) is 5.87. The maximum absolute atomic E-state index is 5.89. The summed E-state index contributed by atoms with van der Waals surface area (Å²) in [6.07, 6.45) is 2.02. The van der Waals surface area contributed by atoms with Crippen molar-refractivity contribution in [2.75, 3.05) is 18.2 Å². The molecule has 0 atom stereocenters. The first-order valence-corrected chi connectivity index (χ1v) is 7.89. The van der Waals surface area contributed by atoms with Crippen molar-refractivity contribution in [3.8, 4) is 0 Å². The number of rotatable bonds is 5. The predicted octanol–water partition coefficient (Wildman–Crippen LogP) is 3.58. The minimum absolute atomic E-state index is 0.424. The molecule has 3 nitrogen and oxygen atoms in total. The van der Waals surface area contributed by atoms with Crippen molar-refractivity contribution in [1.82, 2.24) is 0 Å². The second-order valence-electron chi connectivity index (χ2n) is 4.59. The van der Waals surface area contributed by atoms with Crippen LogP contribution in [-0.4, -0.2) is 18.3 Å². The number of thiocarbonyl (C=S) groups is 1. The van der Waals surface area contributed by atoms with Crippen molar-refractivity contribution in [2.24, 2.45) is 5.73 Å². The van der Waals surface area contributed by atoms with E-state index in [-0.39, 0.29) is 0 Å². The molecule has 0 aliphatic heterocycles. The normalized spacial score (nSPS) is 10.6. The van der Waals surface area contributed by atoms with Gasteiger partial charge in [0.15, 0.2) is 0 Å². The van der Waals surface area contributed by atoms with Crippen LogP contribution in [0.1, 0.15) is 17.1 Å². The van der Waals surface area contributed by atoms with Crippen molar-refractivity contribution in [3.05, 3.63) is 47.4 Å². The van der Waals surface area contributed by atoms with Gasteiger partial charge in [-0.2, -0.15) is 0 Å². The first-order valence-electron chi connectivity index (χ1n) is 6.26. The molecule has 0 aliphatic rings. The van der Waals surface area contributed by atoms with Crippen molar-refractivity contribution in [2.45, 2.75) is 18.4 Å². The van der Waals surface area contributed by atoms with Gasteiger partial charge in [-0.05, 0) is 37.4 Å². The number of furan rings is 1. The Kier molecular flexibility index (Phi) is 4.73. The van der Waals surface area contributed by atoms with E-state index in [4.69, 9.17) is 22.4 Å². The molecule has 1 aromatic carbocycles. The van der Waals surface area contributed by atoms with Gasteiger partial charge in [0.25, 0.3) is 0 Å². The van der Waals surface area contributed by atoms with E-state index in [0.717, 1.165) is 27.7 Å². The third-order valence-corrected chi connectivity index (χ3v) is 4.05. The maximum atomic E-state index is 5.89. The van der Waals surface area contributed by atoms with Gasteiger partial charge >= 0.3 is 0 Å². The molecule has 106 valence electrons. The zero-order valence-corrected chi connectivity index (χ0v) is 13.5. The summed E-state index contributed by atoms with van der Waals surface area (Å²) in [5.74, 6) is 1.84. The average Bonchev–Trinajstić information content (AvgIpc) is 2.82. The van der Waals surface area contributed by atoms with E-state index in [9.17, 15) is 0 Å². The van der Waals surface area contributed by atoms with Crippen LogP contribution in [0.3, 0.4) is 0 Å². The van der Waals surface area contributed by atoms with Gasteiger partial charge in [0.1, 0.15) is 16.5 Å². The highest BCUT2D eigenvalue weighted by atomic mass is 32.2. The van der Waals surface area contributed by atoms with E-state index < -0.39 is 0 Å². The molecule has 5 heteroatoms. The van der Waals surface area contributed by atoms with Crippen LogP contribution in [-0.2, 0) is 6.54 Å². The second kappa shape index (κ2) is 6.33. The Morgan fingerprint density at radius 3 is 2.65 bits per heavy atom. The van der Waals surface area contributed by atoms with Gasteiger partial charge in [-0.3, -0.25) is 0 Å². The van der Waals surface area contributed by atoms with Crippen LogP contribution in [0.2, 0.25) is 0 Å². The lowest BCUT2D eigenvalue weighted by Crippen LogP contribution is -2.22. The van der Waals surface area contributed by atoms with Gasteiger partial charge in [-0.15, -0.1) is 11.8 Å². The molecule has 0 spiro atoms. The molecule has 0 bridgehead atoms. The lowest BCUT2D eigenvalue weighted by atomic mass is 10.1. The zero-order valence-electron chi connectivity index (χ0n) is 11.8. The molecule has 0 aliphatic carbocycles. The third-order valence-electron chi connectivity index (χ3n) is 3.07. The average molecular weight is 306 g/mol. The van der Waals surface area contributed by atoms with Crippen molar-refractivity contribution in [3.63, 3.8) is 0 Å². The van der Waals surface area contributed by atoms with Crippen LogP contribution in [0.25, 0.3) is 0 Å². The number of aryl methyl sites for hydroxylation is 1. The summed E-state index contributed by atoms with van der Waals surface area (Å²) in [4.78, 5) is 3.62. The molecule has 0 fully saturated rings. The van der Waals surface area contributed by atoms with E-state index >= 15 is 0 Å². The fourth-order valence-electron chi connectivity index (χ4n) is 2.14. The Hall–Kier alpha value is -1.46. The number of anilines is 1. The molecule has 1 aromatic heterocycles. The third kappa shape index (κ3) is 3.16. The predicted molar refractivity (Wildman–Crippen MR) is 89.7 cm³/mol. The Morgan fingerprint density at radius 2 is 2.10 bits per heavy atom. The minimum atomic E-state index is 0.424. The van der Waals surface area contributed by atoms with E-state index in [1.54, 1.807) is 11.8 Å².